The lowest BCUT2D eigenvalue weighted by molar-refractivity contribution is -0.221. The van der Waals surface area contributed by atoms with Crippen LogP contribution in [0, 0.1) is 67.0 Å². The molecule has 1 aliphatic heterocycles. The third-order valence-electron chi connectivity index (χ3n) is 26.4. The molecule has 1 heterocycles. The van der Waals surface area contributed by atoms with E-state index < -0.39 is 59.2 Å². The minimum absolute atomic E-state index is 0.00113. The minimum atomic E-state index is -1.03. The topological polar surface area (TPSA) is 240 Å². The van der Waals surface area contributed by atoms with Crippen LogP contribution in [0.4, 0.5) is 0 Å². The Labute approximate surface area is 545 Å². The third-order valence-corrected chi connectivity index (χ3v) is 26.4. The first-order chi connectivity index (χ1) is 43.2. The van der Waals surface area contributed by atoms with E-state index in [1.807, 2.05) is 0 Å². The lowest BCUT2D eigenvalue weighted by Crippen LogP contribution is -2.64. The Morgan fingerprint density at radius 1 is 0.462 bits per heavy atom. The van der Waals surface area contributed by atoms with Crippen LogP contribution in [0.25, 0.3) is 0 Å². The van der Waals surface area contributed by atoms with Gasteiger partial charge in [0.1, 0.15) is 24.9 Å². The van der Waals surface area contributed by atoms with Crippen molar-refractivity contribution in [2.45, 2.75) is 330 Å². The van der Waals surface area contributed by atoms with E-state index in [1.54, 1.807) is 0 Å². The van der Waals surface area contributed by atoms with Crippen LogP contribution < -0.4 is 5.73 Å². The number of esters is 7. The summed E-state index contributed by atoms with van der Waals surface area (Å²) in [5.41, 5.74) is 5.83. The number of hydrogen-bond acceptors (Lipinski definition) is 17. The molecule has 19 atom stereocenters. The molecule has 2 unspecified atom stereocenters. The van der Waals surface area contributed by atoms with E-state index in [4.69, 9.17) is 48.7 Å². The Kier molecular flexibility index (Phi) is 23.3. The second-order valence-corrected chi connectivity index (χ2v) is 32.6. The molecule has 3 N–H and O–H groups in total. The lowest BCUT2D eigenvalue weighted by atomic mass is 9.40. The van der Waals surface area contributed by atoms with Crippen molar-refractivity contribution in [2.24, 2.45) is 72.7 Å². The molecule has 0 aromatic carbocycles. The van der Waals surface area contributed by atoms with Crippen molar-refractivity contribution in [2.75, 3.05) is 26.4 Å². The van der Waals surface area contributed by atoms with Crippen LogP contribution in [0.15, 0.2) is 0 Å². The van der Waals surface area contributed by atoms with Gasteiger partial charge in [0.25, 0.3) is 0 Å². The van der Waals surface area contributed by atoms with Crippen molar-refractivity contribution in [3.8, 4) is 0 Å². The molecule has 516 valence electrons. The summed E-state index contributed by atoms with van der Waals surface area (Å²) in [6.07, 6.45) is 28.7. The number of ether oxygens (including phenoxy) is 8. The van der Waals surface area contributed by atoms with Crippen molar-refractivity contribution in [1.29, 1.82) is 0 Å². The zero-order valence-electron chi connectivity index (χ0n) is 57.6. The summed E-state index contributed by atoms with van der Waals surface area (Å²) in [7, 11) is 0. The van der Waals surface area contributed by atoms with Crippen molar-refractivity contribution in [3.63, 3.8) is 0 Å². The molecule has 8 saturated carbocycles. The van der Waals surface area contributed by atoms with E-state index in [-0.39, 0.29) is 87.7 Å². The van der Waals surface area contributed by atoms with E-state index in [0.29, 0.717) is 56.7 Å². The summed E-state index contributed by atoms with van der Waals surface area (Å²) in [6, 6.07) is -0.770. The molecule has 0 aromatic heterocycles. The fraction of sp³-hybridized carbons (Fsp3) is 0.905. The SMILES string of the molecule is CC(=O)OC[C@H]1O[C@H](CCCCCCOC(=O)[C@]2(C)CCC[C@@]3(C)[C@@H]4CC[C@@]5(C)C[C@]4(CC[C@@H]32)CC5OC(=O)CCCCCCCCC(=O)OC2C[C@]34CC[C@H]5[C@@](C)(CCC[C@@]5(C)C(=O)OCCCCCCO)[C@@H]3CC[C@@]2(C)C4)[C@H](N)[C@@H](OC(C)=O)[C@@H]1OC(C)=O. The van der Waals surface area contributed by atoms with Crippen molar-refractivity contribution in [1.82, 2.24) is 0 Å². The number of unbranched alkanes of at least 4 members (excludes halogenated alkanes) is 11. The van der Waals surface area contributed by atoms with Crippen LogP contribution in [-0.4, -0.2) is 116 Å². The van der Waals surface area contributed by atoms with E-state index in [9.17, 15) is 33.6 Å². The molecule has 0 aromatic rings. The van der Waals surface area contributed by atoms with Gasteiger partial charge < -0.3 is 48.7 Å². The average molecular weight is 1280 g/mol. The first-order valence-electron chi connectivity index (χ1n) is 36.4. The maximum absolute atomic E-state index is 14.3. The third kappa shape index (κ3) is 15.2. The number of carbonyl (C=O) groups is 7. The molecule has 9 rings (SSSR count). The fourth-order valence-corrected chi connectivity index (χ4v) is 22.3. The highest BCUT2D eigenvalue weighted by atomic mass is 16.6. The van der Waals surface area contributed by atoms with Crippen LogP contribution in [0.2, 0.25) is 0 Å². The largest absolute Gasteiger partial charge is 0.465 e. The van der Waals surface area contributed by atoms with E-state index >= 15 is 0 Å². The summed E-state index contributed by atoms with van der Waals surface area (Å²) in [6.45, 7) is 18.7. The highest BCUT2D eigenvalue weighted by Crippen LogP contribution is 2.76. The predicted molar refractivity (Wildman–Crippen MR) is 342 cm³/mol. The van der Waals surface area contributed by atoms with Gasteiger partial charge >= 0.3 is 41.8 Å². The van der Waals surface area contributed by atoms with Crippen LogP contribution in [0.5, 0.6) is 0 Å². The second-order valence-electron chi connectivity index (χ2n) is 32.6. The highest BCUT2D eigenvalue weighted by Gasteiger charge is 2.71. The van der Waals surface area contributed by atoms with Gasteiger partial charge in [0.15, 0.2) is 12.2 Å². The summed E-state index contributed by atoms with van der Waals surface area (Å²) < 4.78 is 47.6. The molecule has 91 heavy (non-hydrogen) atoms. The molecule has 9 fully saturated rings. The summed E-state index contributed by atoms with van der Waals surface area (Å²) in [4.78, 5) is 91.1. The fourth-order valence-electron chi connectivity index (χ4n) is 22.3. The van der Waals surface area contributed by atoms with Gasteiger partial charge in [0.2, 0.25) is 0 Å². The smallest absolute Gasteiger partial charge is 0.312 e. The standard InChI is InChI=1S/C74H119NO16/c1-49(77)86-46-53-63(87-50(2)78)64(88-51(3)79)62(75)52(89-53)26-18-14-16-22-42-84-65(82)71(8)35-24-33-69(6)54(71)31-39-73-44-58(67(4,47-73)37-29-56(69)73)90-60(80)27-19-12-10-11-13-20-28-61(81)91-59-45-74-40-32-55-70(7,57(74)30-38-68(59,5)48-74)34-25-36-72(55,9)66(83)85-43-23-17-15-21-41-76/h52-59,62-64,76H,10-48,75H2,1-9H3/t52-,53-,54+,55+,56+,57+,58?,59?,62+,63-,64-,67+,68+,69-,70-,71-,72-,73+,74+/m1/s1. The van der Waals surface area contributed by atoms with Crippen molar-refractivity contribution < 1.29 is 76.6 Å². The lowest BCUT2D eigenvalue weighted by Gasteiger charge is -2.64. The van der Waals surface area contributed by atoms with Crippen LogP contribution in [-0.2, 0) is 71.5 Å². The monoisotopic (exact) mass is 1280 g/mol. The number of fused-ring (bicyclic) bond motifs is 6. The summed E-state index contributed by atoms with van der Waals surface area (Å²) in [5.74, 6) is -0.405. The van der Waals surface area contributed by atoms with E-state index in [1.165, 1.54) is 20.8 Å². The van der Waals surface area contributed by atoms with Gasteiger partial charge in [0, 0.05) is 51.0 Å². The quantitative estimate of drug-likeness (QED) is 0.0386. The molecule has 0 amide bonds. The molecule has 9 aliphatic rings. The first-order valence-corrected chi connectivity index (χ1v) is 36.4. The Balaban J connectivity index is 0.657. The van der Waals surface area contributed by atoms with Crippen molar-refractivity contribution >= 4 is 41.8 Å². The van der Waals surface area contributed by atoms with Gasteiger partial charge in [-0.3, -0.25) is 33.6 Å². The summed E-state index contributed by atoms with van der Waals surface area (Å²) in [5, 5.41) is 9.13. The average Bonchev–Trinajstić information content (AvgIpc) is 1.65. The normalized spacial score (nSPS) is 40.2. The predicted octanol–water partition coefficient (Wildman–Crippen LogP) is 13.6. The molecule has 4 bridgehead atoms. The molecule has 17 nitrogen and oxygen atoms in total. The number of nitrogens with two attached hydrogens (primary N) is 1. The van der Waals surface area contributed by atoms with Gasteiger partial charge in [0.05, 0.1) is 36.2 Å². The molecular weight excluding hydrogens is 1160 g/mol. The molecule has 8 aliphatic carbocycles. The van der Waals surface area contributed by atoms with Crippen LogP contribution in [0.1, 0.15) is 287 Å². The zero-order chi connectivity index (χ0) is 65.6. The maximum atomic E-state index is 14.3. The molecule has 0 radical (unpaired) electrons. The number of rotatable bonds is 30. The van der Waals surface area contributed by atoms with Crippen LogP contribution >= 0.6 is 0 Å². The zero-order valence-corrected chi connectivity index (χ0v) is 57.6. The Bertz CT molecular complexity index is 2560. The number of carbonyl (C=O) groups excluding carboxylic acids is 7. The Morgan fingerprint density at radius 3 is 1.35 bits per heavy atom. The van der Waals surface area contributed by atoms with Gasteiger partial charge in [-0.05, 0) is 207 Å². The number of aliphatic hydroxyl groups is 1. The van der Waals surface area contributed by atoms with E-state index in [2.05, 4.69) is 41.5 Å². The van der Waals surface area contributed by atoms with Gasteiger partial charge in [-0.2, -0.15) is 0 Å². The van der Waals surface area contributed by atoms with Crippen molar-refractivity contribution in [3.05, 3.63) is 0 Å². The van der Waals surface area contributed by atoms with Gasteiger partial charge in [-0.15, -0.1) is 0 Å². The van der Waals surface area contributed by atoms with E-state index in [0.717, 1.165) is 199 Å². The maximum Gasteiger partial charge on any atom is 0.312 e. The number of hydrogen-bond donors (Lipinski definition) is 2. The Hall–Kier alpha value is -3.83. The Morgan fingerprint density at radius 2 is 0.890 bits per heavy atom. The molecular formula is C74H119NO16. The number of aliphatic hydroxyl groups excluding tert-OH is 1. The second kappa shape index (κ2) is 29.7. The van der Waals surface area contributed by atoms with Crippen LogP contribution in [0.3, 0.4) is 0 Å². The first kappa shape index (κ1) is 71.5. The minimum Gasteiger partial charge on any atom is -0.465 e. The molecule has 2 spiro atoms. The van der Waals surface area contributed by atoms with Gasteiger partial charge in [-0.25, -0.2) is 0 Å². The van der Waals surface area contributed by atoms with Gasteiger partial charge in [-0.1, -0.05) is 91.9 Å². The molecule has 17 heteroatoms. The summed E-state index contributed by atoms with van der Waals surface area (Å²) >= 11 is 0. The highest BCUT2D eigenvalue weighted by molar-refractivity contribution is 5.78. The molecule has 1 saturated heterocycles.